The summed E-state index contributed by atoms with van der Waals surface area (Å²) in [6.45, 7) is 5.84. The molecule has 3 nitrogen and oxygen atoms in total. The van der Waals surface area contributed by atoms with Crippen molar-refractivity contribution in [3.63, 3.8) is 0 Å². The number of halogens is 3. The Hall–Kier alpha value is -1.27. The number of nitrogens with one attached hydrogen (secondary N) is 1. The largest absolute Gasteiger partial charge is 0.573 e. The van der Waals surface area contributed by atoms with Crippen LogP contribution in [0.1, 0.15) is 25.8 Å². The standard InChI is InChI=1S/C16H25F3N2O/c1-12(2)9-14(21(3)4)11-20-10-13-5-7-15(8-6-13)22-16(17,18)19/h5-8,12,14,20H,9-11H2,1-4H3/t14-/m1/s1. The molecule has 0 unspecified atom stereocenters. The highest BCUT2D eigenvalue weighted by molar-refractivity contribution is 5.27. The van der Waals surface area contributed by atoms with Gasteiger partial charge in [0.05, 0.1) is 0 Å². The van der Waals surface area contributed by atoms with Crippen LogP contribution in [-0.2, 0) is 6.54 Å². The Morgan fingerprint density at radius 3 is 2.18 bits per heavy atom. The Bertz CT molecular complexity index is 430. The van der Waals surface area contributed by atoms with Crippen molar-refractivity contribution in [1.29, 1.82) is 0 Å². The monoisotopic (exact) mass is 318 g/mol. The third-order valence-corrected chi connectivity index (χ3v) is 3.34. The smallest absolute Gasteiger partial charge is 0.406 e. The van der Waals surface area contributed by atoms with Gasteiger partial charge in [-0.2, -0.15) is 0 Å². The number of hydrogen-bond donors (Lipinski definition) is 1. The molecule has 1 rings (SSSR count). The van der Waals surface area contributed by atoms with Crippen molar-refractivity contribution >= 4 is 0 Å². The average molecular weight is 318 g/mol. The molecule has 6 heteroatoms. The summed E-state index contributed by atoms with van der Waals surface area (Å²) in [4.78, 5) is 2.19. The number of ether oxygens (including phenoxy) is 1. The Morgan fingerprint density at radius 1 is 1.14 bits per heavy atom. The minimum atomic E-state index is -4.64. The summed E-state index contributed by atoms with van der Waals surface area (Å²) in [5.41, 5.74) is 0.927. The first kappa shape index (κ1) is 18.8. The van der Waals surface area contributed by atoms with E-state index in [4.69, 9.17) is 0 Å². The van der Waals surface area contributed by atoms with Crippen molar-refractivity contribution in [2.24, 2.45) is 5.92 Å². The molecule has 0 spiro atoms. The minimum absolute atomic E-state index is 0.192. The Balaban J connectivity index is 2.44. The molecule has 0 amide bonds. The molecule has 0 heterocycles. The lowest BCUT2D eigenvalue weighted by Crippen LogP contribution is -2.38. The molecule has 0 aliphatic carbocycles. The highest BCUT2D eigenvalue weighted by Crippen LogP contribution is 2.22. The van der Waals surface area contributed by atoms with Gasteiger partial charge in [0.15, 0.2) is 0 Å². The molecular weight excluding hydrogens is 293 g/mol. The van der Waals surface area contributed by atoms with E-state index >= 15 is 0 Å². The number of hydrogen-bond acceptors (Lipinski definition) is 3. The van der Waals surface area contributed by atoms with Crippen LogP contribution in [0.15, 0.2) is 24.3 Å². The van der Waals surface area contributed by atoms with E-state index in [1.54, 1.807) is 12.1 Å². The van der Waals surface area contributed by atoms with Gasteiger partial charge < -0.3 is 15.0 Å². The molecule has 1 aromatic carbocycles. The number of rotatable bonds is 8. The fourth-order valence-corrected chi connectivity index (χ4v) is 2.21. The van der Waals surface area contributed by atoms with Gasteiger partial charge in [-0.25, -0.2) is 0 Å². The van der Waals surface area contributed by atoms with Gasteiger partial charge in [0.25, 0.3) is 0 Å². The number of benzene rings is 1. The third kappa shape index (κ3) is 7.66. The SMILES string of the molecule is CC(C)C[C@H](CNCc1ccc(OC(F)(F)F)cc1)N(C)C. The van der Waals surface area contributed by atoms with Gasteiger partial charge in [0, 0.05) is 19.1 Å². The van der Waals surface area contributed by atoms with E-state index in [1.807, 2.05) is 0 Å². The normalized spacial score (nSPS) is 13.7. The first-order chi connectivity index (χ1) is 10.2. The van der Waals surface area contributed by atoms with Gasteiger partial charge in [-0.3, -0.25) is 0 Å². The Morgan fingerprint density at radius 2 is 1.73 bits per heavy atom. The van der Waals surface area contributed by atoms with Crippen LogP contribution in [-0.4, -0.2) is 37.9 Å². The zero-order valence-corrected chi connectivity index (χ0v) is 13.6. The average Bonchev–Trinajstić information content (AvgIpc) is 2.37. The predicted molar refractivity (Wildman–Crippen MR) is 81.8 cm³/mol. The molecular formula is C16H25F3N2O. The summed E-state index contributed by atoms with van der Waals surface area (Å²) in [7, 11) is 4.11. The molecule has 0 aromatic heterocycles. The van der Waals surface area contributed by atoms with Gasteiger partial charge in [-0.05, 0) is 44.1 Å². The molecule has 0 aliphatic rings. The maximum Gasteiger partial charge on any atom is 0.573 e. The second kappa shape index (κ2) is 8.39. The van der Waals surface area contributed by atoms with Crippen molar-refractivity contribution < 1.29 is 17.9 Å². The van der Waals surface area contributed by atoms with Crippen LogP contribution in [0, 0.1) is 5.92 Å². The van der Waals surface area contributed by atoms with Crippen molar-refractivity contribution in [3.8, 4) is 5.75 Å². The fourth-order valence-electron chi connectivity index (χ4n) is 2.21. The van der Waals surface area contributed by atoms with Crippen LogP contribution in [0.5, 0.6) is 5.75 Å². The van der Waals surface area contributed by atoms with Crippen LogP contribution in [0.25, 0.3) is 0 Å². The quantitative estimate of drug-likeness (QED) is 0.792. The van der Waals surface area contributed by atoms with Crippen molar-refractivity contribution in [1.82, 2.24) is 10.2 Å². The van der Waals surface area contributed by atoms with E-state index in [9.17, 15) is 13.2 Å². The number of likely N-dealkylation sites (N-methyl/N-ethyl adjacent to an activating group) is 1. The molecule has 1 atom stereocenters. The van der Waals surface area contributed by atoms with E-state index in [-0.39, 0.29) is 5.75 Å². The minimum Gasteiger partial charge on any atom is -0.406 e. The zero-order chi connectivity index (χ0) is 16.8. The molecule has 0 aliphatic heterocycles. The molecule has 0 radical (unpaired) electrons. The highest BCUT2D eigenvalue weighted by atomic mass is 19.4. The van der Waals surface area contributed by atoms with Gasteiger partial charge in [-0.15, -0.1) is 13.2 Å². The van der Waals surface area contributed by atoms with E-state index in [0.717, 1.165) is 18.5 Å². The van der Waals surface area contributed by atoms with Crippen LogP contribution in [0.3, 0.4) is 0 Å². The zero-order valence-electron chi connectivity index (χ0n) is 13.6. The van der Waals surface area contributed by atoms with Crippen molar-refractivity contribution in [2.45, 2.75) is 39.2 Å². The molecule has 0 saturated carbocycles. The van der Waals surface area contributed by atoms with Crippen LogP contribution >= 0.6 is 0 Å². The lowest BCUT2D eigenvalue weighted by molar-refractivity contribution is -0.274. The van der Waals surface area contributed by atoms with E-state index in [1.165, 1.54) is 12.1 Å². The maximum atomic E-state index is 12.1. The highest BCUT2D eigenvalue weighted by Gasteiger charge is 2.30. The van der Waals surface area contributed by atoms with E-state index < -0.39 is 6.36 Å². The van der Waals surface area contributed by atoms with Crippen LogP contribution < -0.4 is 10.1 Å². The lowest BCUT2D eigenvalue weighted by Gasteiger charge is -2.26. The summed E-state index contributed by atoms with van der Waals surface area (Å²) >= 11 is 0. The van der Waals surface area contributed by atoms with Gasteiger partial charge in [0.1, 0.15) is 5.75 Å². The fraction of sp³-hybridized carbons (Fsp3) is 0.625. The Kier molecular flexibility index (Phi) is 7.16. The van der Waals surface area contributed by atoms with Gasteiger partial charge >= 0.3 is 6.36 Å². The van der Waals surface area contributed by atoms with Crippen LogP contribution in [0.4, 0.5) is 13.2 Å². The van der Waals surface area contributed by atoms with Crippen molar-refractivity contribution in [2.75, 3.05) is 20.6 Å². The van der Waals surface area contributed by atoms with Crippen LogP contribution in [0.2, 0.25) is 0 Å². The summed E-state index contributed by atoms with van der Waals surface area (Å²) in [5, 5.41) is 3.35. The molecule has 0 fully saturated rings. The first-order valence-corrected chi connectivity index (χ1v) is 7.39. The van der Waals surface area contributed by atoms with E-state index in [0.29, 0.717) is 18.5 Å². The summed E-state index contributed by atoms with van der Waals surface area (Å²) in [6.07, 6.45) is -3.55. The second-order valence-electron chi connectivity index (χ2n) is 6.07. The van der Waals surface area contributed by atoms with Gasteiger partial charge in [0.2, 0.25) is 0 Å². The molecule has 0 saturated heterocycles. The summed E-state index contributed by atoms with van der Waals surface area (Å²) in [6, 6.07) is 6.39. The van der Waals surface area contributed by atoms with Gasteiger partial charge in [-0.1, -0.05) is 26.0 Å². The Labute approximate surface area is 130 Å². The lowest BCUT2D eigenvalue weighted by atomic mass is 10.0. The first-order valence-electron chi connectivity index (χ1n) is 7.39. The molecule has 1 N–H and O–H groups in total. The van der Waals surface area contributed by atoms with Crippen molar-refractivity contribution in [3.05, 3.63) is 29.8 Å². The third-order valence-electron chi connectivity index (χ3n) is 3.34. The maximum absolute atomic E-state index is 12.1. The number of nitrogens with zero attached hydrogens (tertiary/aromatic N) is 1. The summed E-state index contributed by atoms with van der Waals surface area (Å²) < 4.78 is 40.1. The topological polar surface area (TPSA) is 24.5 Å². The molecule has 1 aromatic rings. The summed E-state index contributed by atoms with van der Waals surface area (Å²) in [5.74, 6) is 0.426. The predicted octanol–water partition coefficient (Wildman–Crippen LogP) is 3.65. The van der Waals surface area contributed by atoms with E-state index in [2.05, 4.69) is 42.9 Å². The molecule has 126 valence electrons. The molecule has 22 heavy (non-hydrogen) atoms. The number of alkyl halides is 3. The second-order valence-corrected chi connectivity index (χ2v) is 6.07. The molecule has 0 bridgehead atoms.